The van der Waals surface area contributed by atoms with Crippen molar-refractivity contribution in [3.05, 3.63) is 45.9 Å². The molecule has 5 nitrogen and oxygen atoms in total. The van der Waals surface area contributed by atoms with Crippen LogP contribution in [0.25, 0.3) is 0 Å². The number of hydrogen-bond acceptors (Lipinski definition) is 4. The predicted molar refractivity (Wildman–Crippen MR) is 60.3 cm³/mol. The molecule has 0 saturated heterocycles. The second-order valence-corrected chi connectivity index (χ2v) is 4.27. The Morgan fingerprint density at radius 2 is 2.00 bits per heavy atom. The minimum absolute atomic E-state index is 0.00790. The molecular formula is C10H11NO4S. The van der Waals surface area contributed by atoms with Gasteiger partial charge in [0.05, 0.1) is 4.92 Å². The van der Waals surface area contributed by atoms with E-state index in [1.54, 1.807) is 6.08 Å². The van der Waals surface area contributed by atoms with Crippen molar-refractivity contribution in [3.63, 3.8) is 0 Å². The number of nitro groups is 1. The van der Waals surface area contributed by atoms with Gasteiger partial charge in [-0.2, -0.15) is 0 Å². The van der Waals surface area contributed by atoms with Crippen LogP contribution < -0.4 is 0 Å². The van der Waals surface area contributed by atoms with Crippen LogP contribution in [0.1, 0.15) is 6.42 Å². The van der Waals surface area contributed by atoms with Gasteiger partial charge in [0.1, 0.15) is 5.41 Å². The second-order valence-electron chi connectivity index (χ2n) is 2.93. The molecule has 0 radical (unpaired) electrons. The van der Waals surface area contributed by atoms with Gasteiger partial charge < -0.3 is 9.66 Å². The highest BCUT2D eigenvalue weighted by Crippen LogP contribution is 2.17. The molecule has 0 spiro atoms. The highest BCUT2D eigenvalue weighted by Gasteiger charge is 2.10. The molecule has 1 N–H and O–H groups in total. The van der Waals surface area contributed by atoms with Crippen LogP contribution in [0.4, 0.5) is 5.69 Å². The fourth-order valence-electron chi connectivity index (χ4n) is 1.01. The van der Waals surface area contributed by atoms with Crippen molar-refractivity contribution in [1.29, 1.82) is 0 Å². The zero-order chi connectivity index (χ0) is 12.0. The minimum Gasteiger partial charge on any atom is -0.607 e. The molecule has 1 aromatic carbocycles. The van der Waals surface area contributed by atoms with E-state index < -0.39 is 16.1 Å². The molecular weight excluding hydrogens is 230 g/mol. The third-order valence-corrected chi connectivity index (χ3v) is 2.97. The topological polar surface area (TPSA) is 86.4 Å². The number of hydrogen-bond donors (Lipinski definition) is 1. The lowest BCUT2D eigenvalue weighted by Crippen LogP contribution is -1.97. The summed E-state index contributed by atoms with van der Waals surface area (Å²) >= 11 is -1.32. The van der Waals surface area contributed by atoms with Crippen molar-refractivity contribution in [2.75, 3.05) is 6.61 Å². The summed E-state index contributed by atoms with van der Waals surface area (Å²) in [4.78, 5) is 10.4. The lowest BCUT2D eigenvalue weighted by Gasteiger charge is -2.03. The molecule has 0 fully saturated rings. The lowest BCUT2D eigenvalue weighted by atomic mass is 10.3. The van der Waals surface area contributed by atoms with Crippen molar-refractivity contribution in [2.45, 2.75) is 11.3 Å². The average molecular weight is 241 g/mol. The average Bonchev–Trinajstić information content (AvgIpc) is 2.29. The Kier molecular flexibility index (Phi) is 4.97. The lowest BCUT2D eigenvalue weighted by molar-refractivity contribution is -0.384. The molecule has 1 atom stereocenters. The monoisotopic (exact) mass is 241 g/mol. The summed E-state index contributed by atoms with van der Waals surface area (Å²) in [6.07, 6.45) is 2.05. The van der Waals surface area contributed by atoms with Crippen LogP contribution in [0, 0.1) is 10.1 Å². The SMILES string of the molecule is O=[N+]([O-])c1ccc([S+]([O-])/C=C/CCO)cc1. The number of nitro benzene ring substituents is 1. The van der Waals surface area contributed by atoms with E-state index in [1.807, 2.05) is 0 Å². The van der Waals surface area contributed by atoms with E-state index in [4.69, 9.17) is 5.11 Å². The molecule has 0 aliphatic carbocycles. The Morgan fingerprint density at radius 1 is 1.38 bits per heavy atom. The van der Waals surface area contributed by atoms with Gasteiger partial charge in [-0.1, -0.05) is 0 Å². The molecule has 0 aliphatic heterocycles. The number of aliphatic hydroxyl groups is 1. The van der Waals surface area contributed by atoms with Crippen LogP contribution in [-0.4, -0.2) is 21.2 Å². The maximum atomic E-state index is 11.6. The van der Waals surface area contributed by atoms with Crippen LogP contribution in [-0.2, 0) is 11.2 Å². The Bertz CT molecular complexity index is 377. The van der Waals surface area contributed by atoms with Gasteiger partial charge in [-0.25, -0.2) is 0 Å². The quantitative estimate of drug-likeness (QED) is 0.482. The van der Waals surface area contributed by atoms with Gasteiger partial charge in [0.2, 0.25) is 0 Å². The number of aliphatic hydroxyl groups excluding tert-OH is 1. The molecule has 0 amide bonds. The predicted octanol–water partition coefficient (Wildman–Crippen LogP) is 1.60. The molecule has 1 rings (SSSR count). The Labute approximate surface area is 95.7 Å². The summed E-state index contributed by atoms with van der Waals surface area (Å²) in [6, 6.07) is 5.54. The first-order valence-corrected chi connectivity index (χ1v) is 5.79. The van der Waals surface area contributed by atoms with E-state index in [-0.39, 0.29) is 12.3 Å². The molecule has 6 heteroatoms. The minimum atomic E-state index is -1.32. The molecule has 0 bridgehead atoms. The van der Waals surface area contributed by atoms with Crippen LogP contribution in [0.5, 0.6) is 0 Å². The van der Waals surface area contributed by atoms with E-state index in [0.717, 1.165) is 0 Å². The molecule has 1 unspecified atom stereocenters. The van der Waals surface area contributed by atoms with E-state index in [2.05, 4.69) is 0 Å². The second kappa shape index (κ2) is 6.26. The molecule has 0 saturated carbocycles. The van der Waals surface area contributed by atoms with E-state index in [0.29, 0.717) is 11.3 Å². The molecule has 0 aliphatic rings. The zero-order valence-corrected chi connectivity index (χ0v) is 9.22. The Balaban J connectivity index is 2.70. The molecule has 86 valence electrons. The highest BCUT2D eigenvalue weighted by atomic mass is 32.2. The van der Waals surface area contributed by atoms with Gasteiger partial charge in [-0.15, -0.1) is 0 Å². The standard InChI is InChI=1S/C10H11NO4S/c12-7-1-2-8-16(15)10-5-3-9(4-6-10)11(13)14/h2-6,8,12H,1,7H2/b8-2+. The summed E-state index contributed by atoms with van der Waals surface area (Å²) in [5.74, 6) is 0. The number of nitrogens with zero attached hydrogens (tertiary/aromatic N) is 1. The van der Waals surface area contributed by atoms with Gasteiger partial charge in [-0.3, -0.25) is 10.1 Å². The molecule has 1 aromatic rings. The van der Waals surface area contributed by atoms with E-state index in [1.165, 1.54) is 29.7 Å². The number of rotatable bonds is 5. The van der Waals surface area contributed by atoms with Gasteiger partial charge in [0, 0.05) is 42.0 Å². The normalized spacial score (nSPS) is 12.9. The van der Waals surface area contributed by atoms with E-state index in [9.17, 15) is 14.7 Å². The van der Waals surface area contributed by atoms with Gasteiger partial charge in [0.15, 0.2) is 4.90 Å². The third kappa shape index (κ3) is 3.65. The number of non-ortho nitro benzene ring substituents is 1. The first-order valence-electron chi connectivity index (χ1n) is 4.57. The zero-order valence-electron chi connectivity index (χ0n) is 8.41. The van der Waals surface area contributed by atoms with Crippen LogP contribution in [0.3, 0.4) is 0 Å². The fraction of sp³-hybridized carbons (Fsp3) is 0.200. The summed E-state index contributed by atoms with van der Waals surface area (Å²) in [5.41, 5.74) is -0.0277. The van der Waals surface area contributed by atoms with Crippen molar-refractivity contribution in [3.8, 4) is 0 Å². The van der Waals surface area contributed by atoms with Gasteiger partial charge in [0.25, 0.3) is 5.69 Å². The van der Waals surface area contributed by atoms with Crippen LogP contribution >= 0.6 is 0 Å². The first-order chi connectivity index (χ1) is 7.65. The van der Waals surface area contributed by atoms with Crippen molar-refractivity contribution >= 4 is 16.9 Å². The van der Waals surface area contributed by atoms with Gasteiger partial charge >= 0.3 is 0 Å². The largest absolute Gasteiger partial charge is 0.607 e. The molecule has 16 heavy (non-hydrogen) atoms. The van der Waals surface area contributed by atoms with Crippen LogP contribution in [0.15, 0.2) is 40.6 Å². The number of benzene rings is 1. The molecule has 0 aromatic heterocycles. The Morgan fingerprint density at radius 3 is 2.50 bits per heavy atom. The van der Waals surface area contributed by atoms with E-state index >= 15 is 0 Å². The van der Waals surface area contributed by atoms with Crippen molar-refractivity contribution in [2.24, 2.45) is 0 Å². The summed E-state index contributed by atoms with van der Waals surface area (Å²) in [5, 5.41) is 20.4. The van der Waals surface area contributed by atoms with Gasteiger partial charge in [-0.05, 0) is 12.5 Å². The maximum Gasteiger partial charge on any atom is 0.269 e. The summed E-state index contributed by atoms with van der Waals surface area (Å²) < 4.78 is 11.6. The fourth-order valence-corrected chi connectivity index (χ4v) is 1.88. The third-order valence-electron chi connectivity index (χ3n) is 1.80. The maximum absolute atomic E-state index is 11.6. The Hall–Kier alpha value is -1.37. The van der Waals surface area contributed by atoms with Crippen LogP contribution in [0.2, 0.25) is 0 Å². The molecule has 0 heterocycles. The first kappa shape index (κ1) is 12.7. The van der Waals surface area contributed by atoms with Crippen molar-refractivity contribution in [1.82, 2.24) is 0 Å². The summed E-state index contributed by atoms with van der Waals surface area (Å²) in [7, 11) is 0. The smallest absolute Gasteiger partial charge is 0.269 e. The summed E-state index contributed by atoms with van der Waals surface area (Å²) in [6.45, 7) is 0.00790. The van der Waals surface area contributed by atoms with Crippen molar-refractivity contribution < 1.29 is 14.6 Å². The highest BCUT2D eigenvalue weighted by molar-refractivity contribution is 7.94.